The Labute approximate surface area is 187 Å². The van der Waals surface area contributed by atoms with Crippen LogP contribution in [0.1, 0.15) is 11.7 Å². The molecule has 164 valence electrons. The molecule has 2 unspecified atom stereocenters. The van der Waals surface area contributed by atoms with Gasteiger partial charge in [0.15, 0.2) is 0 Å². The van der Waals surface area contributed by atoms with Crippen LogP contribution in [-0.4, -0.2) is 84.6 Å². The molecule has 4 heterocycles. The van der Waals surface area contributed by atoms with Gasteiger partial charge in [-0.15, -0.1) is 0 Å². The Morgan fingerprint density at radius 3 is 2.71 bits per heavy atom. The number of morpholine rings is 1. The number of carbonyl (C=O) groups excluding carboxylic acids is 1. The van der Waals surface area contributed by atoms with Crippen LogP contribution >= 0.6 is 11.6 Å². The van der Waals surface area contributed by atoms with Crippen molar-refractivity contribution in [3.05, 3.63) is 53.3 Å². The molecule has 31 heavy (non-hydrogen) atoms. The summed E-state index contributed by atoms with van der Waals surface area (Å²) in [6.07, 6.45) is 4.91. The summed E-state index contributed by atoms with van der Waals surface area (Å²) in [7, 11) is 0. The van der Waals surface area contributed by atoms with Crippen molar-refractivity contribution in [2.75, 3.05) is 57.4 Å². The van der Waals surface area contributed by atoms with E-state index in [2.05, 4.69) is 31.3 Å². The Bertz CT molecular complexity index is 905. The van der Waals surface area contributed by atoms with Crippen molar-refractivity contribution in [3.8, 4) is 0 Å². The highest BCUT2D eigenvalue weighted by molar-refractivity contribution is 6.30. The molecule has 0 bridgehead atoms. The standard InChI is InChI=1S/C22H27ClN6O2/c23-17-1-3-18(4-2-17)29-21-13-24-6-5-20(21)22(25-29)28-11-12-31-19(15-28)14-26-7-9-27(16-30)10-8-26/h1-6,13,16,19,22,25H,7-12,14-15H2. The Morgan fingerprint density at radius 2 is 1.94 bits per heavy atom. The zero-order chi connectivity index (χ0) is 21.2. The fourth-order valence-electron chi connectivity index (χ4n) is 4.58. The smallest absolute Gasteiger partial charge is 0.209 e. The van der Waals surface area contributed by atoms with Gasteiger partial charge in [0.25, 0.3) is 0 Å². The molecular weight excluding hydrogens is 416 g/mol. The Morgan fingerprint density at radius 1 is 1.13 bits per heavy atom. The number of rotatable bonds is 5. The molecule has 0 spiro atoms. The molecule has 1 aromatic carbocycles. The van der Waals surface area contributed by atoms with Crippen molar-refractivity contribution in [2.24, 2.45) is 0 Å². The minimum absolute atomic E-state index is 0.0620. The van der Waals surface area contributed by atoms with Gasteiger partial charge >= 0.3 is 0 Å². The number of pyridine rings is 1. The van der Waals surface area contributed by atoms with Gasteiger partial charge in [0, 0.05) is 62.6 Å². The first-order chi connectivity index (χ1) is 15.2. The number of ether oxygens (including phenoxy) is 1. The largest absolute Gasteiger partial charge is 0.374 e. The van der Waals surface area contributed by atoms with Gasteiger partial charge in [-0.25, -0.2) is 5.43 Å². The van der Waals surface area contributed by atoms with Crippen molar-refractivity contribution >= 4 is 29.4 Å². The maximum Gasteiger partial charge on any atom is 0.209 e. The summed E-state index contributed by atoms with van der Waals surface area (Å²) in [6, 6.07) is 9.91. The maximum absolute atomic E-state index is 10.9. The van der Waals surface area contributed by atoms with Crippen LogP contribution in [0.15, 0.2) is 42.7 Å². The van der Waals surface area contributed by atoms with Crippen LogP contribution in [0.5, 0.6) is 0 Å². The number of fused-ring (bicyclic) bond motifs is 1. The second kappa shape index (κ2) is 9.10. The molecule has 1 N–H and O–H groups in total. The molecule has 8 nitrogen and oxygen atoms in total. The van der Waals surface area contributed by atoms with Gasteiger partial charge in [-0.05, 0) is 30.3 Å². The van der Waals surface area contributed by atoms with Gasteiger partial charge in [0.05, 0.1) is 30.3 Å². The molecular formula is C22H27ClN6O2. The van der Waals surface area contributed by atoms with E-state index in [4.69, 9.17) is 16.3 Å². The van der Waals surface area contributed by atoms with Crippen LogP contribution in [0.25, 0.3) is 0 Å². The fraction of sp³-hybridized carbons (Fsp3) is 0.455. The van der Waals surface area contributed by atoms with E-state index in [9.17, 15) is 4.79 Å². The third-order valence-electron chi connectivity index (χ3n) is 6.26. The van der Waals surface area contributed by atoms with E-state index >= 15 is 0 Å². The maximum atomic E-state index is 10.9. The Kier molecular flexibility index (Phi) is 6.06. The summed E-state index contributed by atoms with van der Waals surface area (Å²) in [5.41, 5.74) is 6.96. The molecule has 2 saturated heterocycles. The van der Waals surface area contributed by atoms with Crippen molar-refractivity contribution in [2.45, 2.75) is 12.3 Å². The van der Waals surface area contributed by atoms with Gasteiger partial charge in [0.1, 0.15) is 6.17 Å². The van der Waals surface area contributed by atoms with Crippen molar-refractivity contribution in [1.29, 1.82) is 0 Å². The number of piperazine rings is 1. The first-order valence-corrected chi connectivity index (χ1v) is 11.1. The summed E-state index contributed by atoms with van der Waals surface area (Å²) < 4.78 is 6.10. The molecule has 9 heteroatoms. The lowest BCUT2D eigenvalue weighted by molar-refractivity contribution is -0.120. The third-order valence-corrected chi connectivity index (χ3v) is 6.51. The van der Waals surface area contributed by atoms with E-state index in [0.717, 1.165) is 68.6 Å². The Balaban J connectivity index is 1.28. The summed E-state index contributed by atoms with van der Waals surface area (Å²) >= 11 is 6.08. The number of carbonyl (C=O) groups is 1. The first kappa shape index (κ1) is 20.7. The highest BCUT2D eigenvalue weighted by atomic mass is 35.5. The number of nitrogens with zero attached hydrogens (tertiary/aromatic N) is 5. The van der Waals surface area contributed by atoms with E-state index < -0.39 is 0 Å². The van der Waals surface area contributed by atoms with Crippen LogP contribution in [-0.2, 0) is 9.53 Å². The van der Waals surface area contributed by atoms with Crippen molar-refractivity contribution < 1.29 is 9.53 Å². The summed E-state index contributed by atoms with van der Waals surface area (Å²) in [6.45, 7) is 6.70. The molecule has 0 radical (unpaired) electrons. The SMILES string of the molecule is O=CN1CCN(CC2CN(C3NN(c4ccc(Cl)cc4)c4cnccc43)CCO2)CC1. The van der Waals surface area contributed by atoms with E-state index in [1.54, 1.807) is 0 Å². The minimum atomic E-state index is 0.0620. The number of hydrogen-bond donors (Lipinski definition) is 1. The molecule has 1 aromatic heterocycles. The normalized spacial score (nSPS) is 24.9. The predicted octanol–water partition coefficient (Wildman–Crippen LogP) is 1.86. The number of hydrogen-bond acceptors (Lipinski definition) is 7. The average molecular weight is 443 g/mol. The summed E-state index contributed by atoms with van der Waals surface area (Å²) in [5, 5.41) is 2.81. The van der Waals surface area contributed by atoms with E-state index in [1.165, 1.54) is 5.56 Å². The van der Waals surface area contributed by atoms with E-state index in [0.29, 0.717) is 6.61 Å². The van der Waals surface area contributed by atoms with Crippen LogP contribution < -0.4 is 10.4 Å². The first-order valence-electron chi connectivity index (χ1n) is 10.7. The van der Waals surface area contributed by atoms with Gasteiger partial charge in [-0.2, -0.15) is 0 Å². The van der Waals surface area contributed by atoms with Gasteiger partial charge < -0.3 is 9.64 Å². The molecule has 5 rings (SSSR count). The van der Waals surface area contributed by atoms with Crippen molar-refractivity contribution in [3.63, 3.8) is 0 Å². The third kappa shape index (κ3) is 4.40. The molecule has 2 atom stereocenters. The topological polar surface area (TPSA) is 64.2 Å². The lowest BCUT2D eigenvalue weighted by Crippen LogP contribution is -2.54. The van der Waals surface area contributed by atoms with E-state index in [-0.39, 0.29) is 12.3 Å². The number of anilines is 2. The number of nitrogens with one attached hydrogen (secondary N) is 1. The summed E-state index contributed by atoms with van der Waals surface area (Å²) in [4.78, 5) is 22.0. The van der Waals surface area contributed by atoms with Crippen LogP contribution in [0.3, 0.4) is 0 Å². The second-order valence-electron chi connectivity index (χ2n) is 8.21. The molecule has 2 aromatic rings. The number of halogens is 1. The molecule has 1 amide bonds. The quantitative estimate of drug-likeness (QED) is 0.709. The highest BCUT2D eigenvalue weighted by Gasteiger charge is 2.36. The monoisotopic (exact) mass is 442 g/mol. The van der Waals surface area contributed by atoms with Gasteiger partial charge in [-0.3, -0.25) is 24.6 Å². The minimum Gasteiger partial charge on any atom is -0.374 e. The van der Waals surface area contributed by atoms with Gasteiger partial charge in [-0.1, -0.05) is 11.6 Å². The van der Waals surface area contributed by atoms with E-state index in [1.807, 2.05) is 41.6 Å². The number of aromatic nitrogens is 1. The molecule has 0 saturated carbocycles. The zero-order valence-electron chi connectivity index (χ0n) is 17.4. The Hall–Kier alpha value is -2.23. The number of benzene rings is 1. The molecule has 3 aliphatic rings. The van der Waals surface area contributed by atoms with Crippen LogP contribution in [0.2, 0.25) is 5.02 Å². The molecule has 2 fully saturated rings. The van der Waals surface area contributed by atoms with Gasteiger partial charge in [0.2, 0.25) is 6.41 Å². The van der Waals surface area contributed by atoms with Crippen LogP contribution in [0, 0.1) is 0 Å². The second-order valence-corrected chi connectivity index (χ2v) is 8.64. The molecule has 3 aliphatic heterocycles. The predicted molar refractivity (Wildman–Crippen MR) is 119 cm³/mol. The van der Waals surface area contributed by atoms with Crippen molar-refractivity contribution in [1.82, 2.24) is 25.1 Å². The molecule has 0 aliphatic carbocycles. The summed E-state index contributed by atoms with van der Waals surface area (Å²) in [5.74, 6) is 0. The number of hydrazine groups is 1. The van der Waals surface area contributed by atoms with Crippen LogP contribution in [0.4, 0.5) is 11.4 Å². The lowest BCUT2D eigenvalue weighted by Gasteiger charge is -2.40. The highest BCUT2D eigenvalue weighted by Crippen LogP contribution is 2.39. The number of amides is 1. The zero-order valence-corrected chi connectivity index (χ0v) is 18.1. The lowest BCUT2D eigenvalue weighted by atomic mass is 10.1. The fourth-order valence-corrected chi connectivity index (χ4v) is 4.71. The average Bonchev–Trinajstić information content (AvgIpc) is 3.20.